The van der Waals surface area contributed by atoms with Crippen LogP contribution in [-0.4, -0.2) is 70.8 Å². The Bertz CT molecular complexity index is 1150. The zero-order chi connectivity index (χ0) is 26.0. The number of piperidine rings is 2. The van der Waals surface area contributed by atoms with Crippen LogP contribution in [-0.2, 0) is 21.0 Å². The van der Waals surface area contributed by atoms with Crippen molar-refractivity contribution in [2.24, 2.45) is 0 Å². The molecule has 2 aliphatic heterocycles. The number of alkyl halides is 3. The number of amides is 1. The molecule has 10 nitrogen and oxygen atoms in total. The van der Waals surface area contributed by atoms with Gasteiger partial charge in [0.1, 0.15) is 11.9 Å². The number of anilines is 1. The summed E-state index contributed by atoms with van der Waals surface area (Å²) in [6.07, 6.45) is -1.25. The van der Waals surface area contributed by atoms with E-state index in [9.17, 15) is 31.6 Å². The molecule has 0 spiro atoms. The van der Waals surface area contributed by atoms with Gasteiger partial charge in [0, 0.05) is 38.6 Å². The van der Waals surface area contributed by atoms with Gasteiger partial charge in [-0.05, 0) is 56.0 Å². The van der Waals surface area contributed by atoms with Gasteiger partial charge in [0.25, 0.3) is 5.91 Å². The Hall–Kier alpha value is -2.97. The van der Waals surface area contributed by atoms with Gasteiger partial charge in [0.15, 0.2) is 4.75 Å². The van der Waals surface area contributed by atoms with Crippen LogP contribution in [0.5, 0.6) is 5.75 Å². The van der Waals surface area contributed by atoms with Gasteiger partial charge in [0.2, 0.25) is 16.0 Å². The fourth-order valence-corrected chi connectivity index (χ4v) is 6.74. The molecule has 3 heterocycles. The SMILES string of the molecule is O=C(NO)C1(S(=O)(=O)N2CCC(Oc3ccc(C(F)(F)F)cc3)CC2)CCN(c2ncccn2)CC1. The van der Waals surface area contributed by atoms with Crippen LogP contribution in [0.1, 0.15) is 31.2 Å². The number of ether oxygens (including phenoxy) is 1. The van der Waals surface area contributed by atoms with Gasteiger partial charge >= 0.3 is 6.18 Å². The maximum absolute atomic E-state index is 13.7. The van der Waals surface area contributed by atoms with Crippen molar-refractivity contribution in [3.05, 3.63) is 48.3 Å². The number of rotatable bonds is 6. The molecule has 4 rings (SSSR count). The standard InChI is InChI=1S/C22H26F3N5O5S/c23-22(24,25)16-2-4-17(5-3-16)35-18-6-12-30(13-7-18)36(33,34)21(19(31)28-32)8-14-29(15-9-21)20-26-10-1-11-27-20/h1-5,10-11,18,32H,6-9,12-15H2,(H,28,31). The molecule has 1 aromatic heterocycles. The molecule has 2 aliphatic rings. The third-order valence-electron chi connectivity index (χ3n) is 6.64. The van der Waals surface area contributed by atoms with Crippen molar-refractivity contribution in [1.82, 2.24) is 19.8 Å². The van der Waals surface area contributed by atoms with Crippen molar-refractivity contribution in [3.63, 3.8) is 0 Å². The summed E-state index contributed by atoms with van der Waals surface area (Å²) in [5, 5.41) is 9.36. The van der Waals surface area contributed by atoms with E-state index in [4.69, 9.17) is 4.74 Å². The van der Waals surface area contributed by atoms with Gasteiger partial charge in [-0.15, -0.1) is 0 Å². The van der Waals surface area contributed by atoms with Crippen LogP contribution in [0.25, 0.3) is 0 Å². The summed E-state index contributed by atoms with van der Waals surface area (Å²) in [6.45, 7) is 0.535. The van der Waals surface area contributed by atoms with Crippen molar-refractivity contribution in [3.8, 4) is 5.75 Å². The molecule has 14 heteroatoms. The molecule has 2 N–H and O–H groups in total. The predicted molar refractivity (Wildman–Crippen MR) is 122 cm³/mol. The number of halogens is 3. The summed E-state index contributed by atoms with van der Waals surface area (Å²) >= 11 is 0. The van der Waals surface area contributed by atoms with Gasteiger partial charge in [0.05, 0.1) is 5.56 Å². The first-order valence-corrected chi connectivity index (χ1v) is 12.8. The highest BCUT2D eigenvalue weighted by atomic mass is 32.2. The lowest BCUT2D eigenvalue weighted by Crippen LogP contribution is -2.62. The van der Waals surface area contributed by atoms with E-state index < -0.39 is 38.5 Å². The smallest absolute Gasteiger partial charge is 0.416 e. The van der Waals surface area contributed by atoms with E-state index in [1.165, 1.54) is 21.9 Å². The van der Waals surface area contributed by atoms with Crippen LogP contribution in [0.4, 0.5) is 19.1 Å². The average Bonchev–Trinajstić information content (AvgIpc) is 2.89. The number of carbonyl (C=O) groups excluding carboxylic acids is 1. The Kier molecular flexibility index (Phi) is 7.38. The minimum atomic E-state index is -4.45. The number of hydroxylamine groups is 1. The van der Waals surface area contributed by atoms with Crippen molar-refractivity contribution < 1.29 is 36.3 Å². The second-order valence-electron chi connectivity index (χ2n) is 8.71. The topological polar surface area (TPSA) is 125 Å². The molecule has 2 aromatic rings. The van der Waals surface area contributed by atoms with Crippen molar-refractivity contribution in [1.29, 1.82) is 0 Å². The number of nitrogens with zero attached hydrogens (tertiary/aromatic N) is 4. The normalized spacial score (nSPS) is 19.6. The first-order valence-electron chi connectivity index (χ1n) is 11.4. The molecule has 1 amide bonds. The first-order chi connectivity index (χ1) is 17.1. The van der Waals surface area contributed by atoms with E-state index in [0.717, 1.165) is 12.1 Å². The molecular formula is C22H26F3N5O5S. The fraction of sp³-hybridized carbons (Fsp3) is 0.500. The maximum atomic E-state index is 13.7. The second-order valence-corrected chi connectivity index (χ2v) is 11.0. The van der Waals surface area contributed by atoms with Crippen LogP contribution in [0.3, 0.4) is 0 Å². The third kappa shape index (κ3) is 5.11. The van der Waals surface area contributed by atoms with Crippen LogP contribution < -0.4 is 15.1 Å². The number of benzene rings is 1. The van der Waals surface area contributed by atoms with Gasteiger partial charge in [-0.1, -0.05) is 0 Å². The summed E-state index contributed by atoms with van der Waals surface area (Å²) in [5.74, 6) is -0.302. The Balaban J connectivity index is 1.41. The number of hydrogen-bond acceptors (Lipinski definition) is 8. The van der Waals surface area contributed by atoms with Crippen LogP contribution in [0.2, 0.25) is 0 Å². The molecule has 196 valence electrons. The van der Waals surface area contributed by atoms with E-state index >= 15 is 0 Å². The van der Waals surface area contributed by atoms with Gasteiger partial charge < -0.3 is 9.64 Å². The number of carbonyl (C=O) groups is 1. The zero-order valence-corrected chi connectivity index (χ0v) is 20.0. The molecule has 36 heavy (non-hydrogen) atoms. The van der Waals surface area contributed by atoms with Crippen LogP contribution in [0.15, 0.2) is 42.7 Å². The highest BCUT2D eigenvalue weighted by Crippen LogP contribution is 2.36. The predicted octanol–water partition coefficient (Wildman–Crippen LogP) is 2.21. The van der Waals surface area contributed by atoms with E-state index in [1.54, 1.807) is 23.4 Å². The second kappa shape index (κ2) is 10.2. The molecule has 1 aromatic carbocycles. The van der Waals surface area contributed by atoms with E-state index in [2.05, 4.69) is 9.97 Å². The van der Waals surface area contributed by atoms with Crippen molar-refractivity contribution in [2.45, 2.75) is 42.7 Å². The summed E-state index contributed by atoms with van der Waals surface area (Å²) in [4.78, 5) is 22.8. The Morgan fingerprint density at radius 1 is 1.06 bits per heavy atom. The molecular weight excluding hydrogens is 503 g/mol. The average molecular weight is 530 g/mol. The molecule has 0 aliphatic carbocycles. The zero-order valence-electron chi connectivity index (χ0n) is 19.2. The van der Waals surface area contributed by atoms with Crippen LogP contribution >= 0.6 is 0 Å². The Morgan fingerprint density at radius 3 is 2.17 bits per heavy atom. The molecule has 0 atom stereocenters. The van der Waals surface area contributed by atoms with E-state index in [0.29, 0.717) is 18.8 Å². The molecule has 2 saturated heterocycles. The van der Waals surface area contributed by atoms with E-state index in [1.807, 2.05) is 0 Å². The molecule has 2 fully saturated rings. The summed E-state index contributed by atoms with van der Waals surface area (Å²) in [7, 11) is -4.17. The summed E-state index contributed by atoms with van der Waals surface area (Å²) in [6, 6.07) is 5.98. The Morgan fingerprint density at radius 2 is 1.64 bits per heavy atom. The van der Waals surface area contributed by atoms with Crippen molar-refractivity contribution in [2.75, 3.05) is 31.1 Å². The van der Waals surface area contributed by atoms with E-state index in [-0.39, 0.29) is 44.8 Å². The quantitative estimate of drug-likeness (QED) is 0.431. The van der Waals surface area contributed by atoms with Crippen molar-refractivity contribution >= 4 is 21.9 Å². The van der Waals surface area contributed by atoms with Gasteiger partial charge in [-0.2, -0.15) is 13.2 Å². The summed E-state index contributed by atoms with van der Waals surface area (Å²) in [5.41, 5.74) is 0.748. The summed E-state index contributed by atoms with van der Waals surface area (Å²) < 4.78 is 70.7. The largest absolute Gasteiger partial charge is 0.490 e. The first kappa shape index (κ1) is 26.1. The highest BCUT2D eigenvalue weighted by Gasteiger charge is 2.55. The minimum Gasteiger partial charge on any atom is -0.490 e. The maximum Gasteiger partial charge on any atom is 0.416 e. The molecule has 0 saturated carbocycles. The molecule has 0 radical (unpaired) electrons. The number of sulfonamides is 1. The third-order valence-corrected chi connectivity index (χ3v) is 9.27. The van der Waals surface area contributed by atoms with Crippen LogP contribution in [0, 0.1) is 0 Å². The lowest BCUT2D eigenvalue weighted by atomic mass is 9.95. The Labute approximate surface area is 206 Å². The van der Waals surface area contributed by atoms with Gasteiger partial charge in [-0.3, -0.25) is 10.0 Å². The minimum absolute atomic E-state index is 0.0675. The highest BCUT2D eigenvalue weighted by molar-refractivity contribution is 7.91. The monoisotopic (exact) mass is 529 g/mol. The molecule has 0 bridgehead atoms. The van der Waals surface area contributed by atoms with Gasteiger partial charge in [-0.25, -0.2) is 28.2 Å². The molecule has 0 unspecified atom stereocenters. The number of hydrogen-bond donors (Lipinski definition) is 2. The fourth-order valence-electron chi connectivity index (χ4n) is 4.58. The number of nitrogens with one attached hydrogen (secondary N) is 1. The lowest BCUT2D eigenvalue weighted by Gasteiger charge is -2.43. The lowest BCUT2D eigenvalue weighted by molar-refractivity contribution is -0.137. The number of aromatic nitrogens is 2.